The maximum absolute atomic E-state index is 12.5. The average Bonchev–Trinajstić information content (AvgIpc) is 2.73. The Labute approximate surface area is 185 Å². The molecule has 1 saturated heterocycles. The van der Waals surface area contributed by atoms with Gasteiger partial charge >= 0.3 is 0 Å². The Morgan fingerprint density at radius 2 is 1.44 bits per heavy atom. The molecule has 0 saturated carbocycles. The zero-order valence-corrected chi connectivity index (χ0v) is 18.2. The van der Waals surface area contributed by atoms with E-state index >= 15 is 0 Å². The summed E-state index contributed by atoms with van der Waals surface area (Å²) in [7, 11) is 0. The molecule has 182 valence electrons. The third-order valence-corrected chi connectivity index (χ3v) is 4.54. The van der Waals surface area contributed by atoms with E-state index in [2.05, 4.69) is 37.4 Å². The van der Waals surface area contributed by atoms with Gasteiger partial charge < -0.3 is 37.8 Å². The van der Waals surface area contributed by atoms with Crippen molar-refractivity contribution in [3.63, 3.8) is 0 Å². The largest absolute Gasteiger partial charge is 0.375 e. The standard InChI is InChI=1S/C17H33N9O6/c1-7-13(28)23-10(4-5-18)16(31)22-8(2)15(30)26-25-9(3)14(29)24-12(19)17(32)20-6-11(27)21-7/h7-10,12,17,20,25,32H,4-6,18-19H2,1-3H3,(H,21,27)(H,22,31)(H,23,28)(H,24,29)(H,26,30)/t7-,8-,9-,10-,12-,17?/m0/s1. The SMILES string of the molecule is C[C@@H]1NNC(=O)[C@H](C)NC(=O)[C@H](CCN)NC(=O)[C@H](C)NC(=O)CNC(O)[C@@H](N)NC1=O. The highest BCUT2D eigenvalue weighted by atomic mass is 16.3. The minimum absolute atomic E-state index is 0.0793. The van der Waals surface area contributed by atoms with Gasteiger partial charge in [-0.3, -0.25) is 34.7 Å². The van der Waals surface area contributed by atoms with E-state index in [1.54, 1.807) is 0 Å². The molecule has 0 bridgehead atoms. The molecule has 32 heavy (non-hydrogen) atoms. The number of nitrogens with one attached hydrogen (secondary N) is 7. The van der Waals surface area contributed by atoms with Crippen molar-refractivity contribution in [3.8, 4) is 0 Å². The fourth-order valence-electron chi connectivity index (χ4n) is 2.52. The Kier molecular flexibility index (Phi) is 10.9. The fourth-order valence-corrected chi connectivity index (χ4v) is 2.52. The van der Waals surface area contributed by atoms with Gasteiger partial charge in [0.15, 0.2) is 0 Å². The van der Waals surface area contributed by atoms with Gasteiger partial charge in [0.25, 0.3) is 5.91 Å². The minimum Gasteiger partial charge on any atom is -0.375 e. The number of aliphatic hydroxyl groups is 1. The molecule has 15 heteroatoms. The van der Waals surface area contributed by atoms with Crippen molar-refractivity contribution in [1.29, 1.82) is 0 Å². The summed E-state index contributed by atoms with van der Waals surface area (Å²) in [5.74, 6) is -3.24. The topological polar surface area (TPSA) is 242 Å². The molecule has 0 aromatic rings. The highest BCUT2D eigenvalue weighted by Crippen LogP contribution is 1.96. The molecule has 0 aliphatic carbocycles. The lowest BCUT2D eigenvalue weighted by Gasteiger charge is -2.23. The van der Waals surface area contributed by atoms with Crippen LogP contribution in [0.25, 0.3) is 0 Å². The number of hydrazine groups is 1. The molecule has 0 radical (unpaired) electrons. The van der Waals surface area contributed by atoms with Crippen LogP contribution in [-0.4, -0.2) is 84.3 Å². The molecule has 1 heterocycles. The van der Waals surface area contributed by atoms with E-state index in [-0.39, 0.29) is 13.0 Å². The number of aliphatic hydroxyl groups excluding tert-OH is 1. The summed E-state index contributed by atoms with van der Waals surface area (Å²) in [6.07, 6.45) is -2.66. The smallest absolute Gasteiger partial charge is 0.256 e. The van der Waals surface area contributed by atoms with E-state index in [1.807, 2.05) is 0 Å². The Morgan fingerprint density at radius 1 is 0.844 bits per heavy atom. The first kappa shape index (κ1) is 27.2. The zero-order valence-electron chi connectivity index (χ0n) is 18.2. The van der Waals surface area contributed by atoms with Gasteiger partial charge in [0.2, 0.25) is 23.6 Å². The lowest BCUT2D eigenvalue weighted by molar-refractivity contribution is -0.133. The molecular formula is C17H33N9O6. The third kappa shape index (κ3) is 8.72. The lowest BCUT2D eigenvalue weighted by Crippen LogP contribution is -2.61. The Bertz CT molecular complexity index is 706. The second-order valence-electron chi connectivity index (χ2n) is 7.37. The third-order valence-electron chi connectivity index (χ3n) is 4.54. The van der Waals surface area contributed by atoms with Gasteiger partial charge in [0.1, 0.15) is 36.6 Å². The van der Waals surface area contributed by atoms with E-state index < -0.39 is 72.6 Å². The Balaban J connectivity index is 3.01. The number of carbonyl (C=O) groups excluding carboxylic acids is 5. The van der Waals surface area contributed by atoms with Crippen LogP contribution in [0.2, 0.25) is 0 Å². The summed E-state index contributed by atoms with van der Waals surface area (Å²) < 4.78 is 0. The van der Waals surface area contributed by atoms with Crippen molar-refractivity contribution < 1.29 is 29.1 Å². The highest BCUT2D eigenvalue weighted by molar-refractivity contribution is 5.94. The lowest BCUT2D eigenvalue weighted by atomic mass is 10.1. The van der Waals surface area contributed by atoms with E-state index in [1.165, 1.54) is 20.8 Å². The van der Waals surface area contributed by atoms with Crippen LogP contribution < -0.4 is 48.9 Å². The van der Waals surface area contributed by atoms with Gasteiger partial charge in [0.05, 0.1) is 6.54 Å². The predicted octanol–water partition coefficient (Wildman–Crippen LogP) is -5.84. The average molecular weight is 460 g/mol. The summed E-state index contributed by atoms with van der Waals surface area (Å²) in [6.45, 7) is 3.91. The van der Waals surface area contributed by atoms with E-state index in [9.17, 15) is 29.1 Å². The van der Waals surface area contributed by atoms with Crippen LogP contribution >= 0.6 is 0 Å². The zero-order chi connectivity index (χ0) is 24.4. The van der Waals surface area contributed by atoms with Crippen molar-refractivity contribution in [2.75, 3.05) is 13.1 Å². The van der Waals surface area contributed by atoms with E-state index in [0.29, 0.717) is 0 Å². The molecule has 6 atom stereocenters. The van der Waals surface area contributed by atoms with Crippen LogP contribution in [-0.2, 0) is 24.0 Å². The van der Waals surface area contributed by atoms with Crippen molar-refractivity contribution in [1.82, 2.24) is 37.4 Å². The molecule has 1 aliphatic rings. The highest BCUT2D eigenvalue weighted by Gasteiger charge is 2.27. The molecule has 1 rings (SSSR count). The molecule has 12 N–H and O–H groups in total. The molecule has 5 amide bonds. The first-order valence-electron chi connectivity index (χ1n) is 10.1. The van der Waals surface area contributed by atoms with Gasteiger partial charge in [-0.25, -0.2) is 5.43 Å². The number of amides is 5. The van der Waals surface area contributed by atoms with Gasteiger partial charge in [-0.15, -0.1) is 0 Å². The maximum Gasteiger partial charge on any atom is 0.256 e. The molecule has 0 aromatic heterocycles. The molecule has 15 nitrogen and oxygen atoms in total. The van der Waals surface area contributed by atoms with Crippen LogP contribution in [0.4, 0.5) is 0 Å². The first-order chi connectivity index (χ1) is 15.0. The van der Waals surface area contributed by atoms with Crippen LogP contribution in [0.1, 0.15) is 27.2 Å². The number of hydrogen-bond acceptors (Lipinski definition) is 10. The fraction of sp³-hybridized carbons (Fsp3) is 0.706. The van der Waals surface area contributed by atoms with Crippen molar-refractivity contribution in [2.24, 2.45) is 11.5 Å². The summed E-state index contributed by atoms with van der Waals surface area (Å²) in [5.41, 5.74) is 16.0. The Hall–Kier alpha value is -2.85. The summed E-state index contributed by atoms with van der Waals surface area (Å²) >= 11 is 0. The normalized spacial score (nSPS) is 32.2. The second kappa shape index (κ2) is 12.9. The van der Waals surface area contributed by atoms with E-state index in [4.69, 9.17) is 11.5 Å². The summed E-state index contributed by atoms with van der Waals surface area (Å²) in [6, 6.07) is -4.03. The van der Waals surface area contributed by atoms with Gasteiger partial charge in [-0.05, 0) is 33.7 Å². The molecule has 1 fully saturated rings. The summed E-state index contributed by atoms with van der Waals surface area (Å²) in [4.78, 5) is 61.3. The number of rotatable bonds is 2. The number of carbonyl (C=O) groups is 5. The minimum atomic E-state index is -1.48. The van der Waals surface area contributed by atoms with Gasteiger partial charge in [-0.2, -0.15) is 0 Å². The predicted molar refractivity (Wildman–Crippen MR) is 112 cm³/mol. The first-order valence-corrected chi connectivity index (χ1v) is 10.1. The van der Waals surface area contributed by atoms with E-state index in [0.717, 1.165) is 0 Å². The van der Waals surface area contributed by atoms with Crippen molar-refractivity contribution in [3.05, 3.63) is 0 Å². The monoisotopic (exact) mass is 459 g/mol. The quantitative estimate of drug-likeness (QED) is 0.187. The number of hydrogen-bond donors (Lipinski definition) is 10. The van der Waals surface area contributed by atoms with Gasteiger partial charge in [-0.1, -0.05) is 0 Å². The van der Waals surface area contributed by atoms with Crippen molar-refractivity contribution in [2.45, 2.75) is 63.8 Å². The van der Waals surface area contributed by atoms with Gasteiger partial charge in [0, 0.05) is 0 Å². The van der Waals surface area contributed by atoms with Crippen molar-refractivity contribution >= 4 is 29.5 Å². The van der Waals surface area contributed by atoms with Crippen LogP contribution in [0, 0.1) is 0 Å². The second-order valence-corrected chi connectivity index (χ2v) is 7.37. The van der Waals surface area contributed by atoms with Crippen LogP contribution in [0.5, 0.6) is 0 Å². The summed E-state index contributed by atoms with van der Waals surface area (Å²) in [5, 5.41) is 22.0. The van der Waals surface area contributed by atoms with Crippen LogP contribution in [0.15, 0.2) is 0 Å². The Morgan fingerprint density at radius 3 is 2.06 bits per heavy atom. The molecule has 0 aromatic carbocycles. The number of nitrogens with two attached hydrogens (primary N) is 2. The molecular weight excluding hydrogens is 426 g/mol. The molecule has 0 spiro atoms. The molecule has 1 aliphatic heterocycles. The molecule has 1 unspecified atom stereocenters. The maximum atomic E-state index is 12.5. The van der Waals surface area contributed by atoms with Crippen LogP contribution in [0.3, 0.4) is 0 Å².